The summed E-state index contributed by atoms with van der Waals surface area (Å²) in [6.45, 7) is 4.13. The number of hydrogen-bond donors (Lipinski definition) is 1. The van der Waals surface area contributed by atoms with Gasteiger partial charge in [0.05, 0.1) is 17.1 Å². The van der Waals surface area contributed by atoms with E-state index in [4.69, 9.17) is 17.3 Å². The van der Waals surface area contributed by atoms with Gasteiger partial charge >= 0.3 is 0 Å². The van der Waals surface area contributed by atoms with Gasteiger partial charge in [0.15, 0.2) is 0 Å². The lowest BCUT2D eigenvalue weighted by atomic mass is 10.1. The van der Waals surface area contributed by atoms with E-state index in [-0.39, 0.29) is 24.4 Å². The zero-order chi connectivity index (χ0) is 18.3. The van der Waals surface area contributed by atoms with Crippen LogP contribution in [-0.2, 0) is 6.54 Å². The second-order valence-corrected chi connectivity index (χ2v) is 8.30. The Morgan fingerprint density at radius 2 is 1.96 bits per heavy atom. The summed E-state index contributed by atoms with van der Waals surface area (Å²) < 4.78 is 1.97. The average molecular weight is 425 g/mol. The van der Waals surface area contributed by atoms with Crippen LogP contribution >= 0.6 is 35.3 Å². The minimum absolute atomic E-state index is 0. The Morgan fingerprint density at radius 1 is 1.30 bits per heavy atom. The van der Waals surface area contributed by atoms with Crippen molar-refractivity contribution < 1.29 is 4.79 Å². The number of benzene rings is 1. The molecule has 1 amide bonds. The molecule has 0 atom stereocenters. The summed E-state index contributed by atoms with van der Waals surface area (Å²) in [5, 5.41) is 6.42. The van der Waals surface area contributed by atoms with E-state index in [1.807, 2.05) is 46.8 Å². The quantitative estimate of drug-likeness (QED) is 0.688. The lowest BCUT2D eigenvalue weighted by molar-refractivity contribution is 0.0720. The summed E-state index contributed by atoms with van der Waals surface area (Å²) in [5.41, 5.74) is 8.03. The highest BCUT2D eigenvalue weighted by atomic mass is 35.5. The van der Waals surface area contributed by atoms with Crippen LogP contribution in [0.15, 0.2) is 30.3 Å². The molecule has 2 aromatic heterocycles. The maximum absolute atomic E-state index is 12.8. The van der Waals surface area contributed by atoms with Crippen molar-refractivity contribution >= 4 is 51.5 Å². The molecule has 8 heteroatoms. The molecule has 0 radical (unpaired) electrons. The normalized spacial score (nSPS) is 15.1. The number of hydrogen-bond acceptors (Lipinski definition) is 4. The molecule has 1 fully saturated rings. The van der Waals surface area contributed by atoms with Gasteiger partial charge in [-0.2, -0.15) is 5.10 Å². The van der Waals surface area contributed by atoms with Crippen molar-refractivity contribution in [2.75, 3.05) is 13.1 Å². The van der Waals surface area contributed by atoms with Gasteiger partial charge in [0.2, 0.25) is 0 Å². The summed E-state index contributed by atoms with van der Waals surface area (Å²) in [4.78, 5) is 16.6. The Morgan fingerprint density at radius 3 is 2.63 bits per heavy atom. The lowest BCUT2D eigenvalue weighted by Gasteiger charge is -2.29. The molecule has 1 aliphatic heterocycles. The highest BCUT2D eigenvalue weighted by Crippen LogP contribution is 2.30. The van der Waals surface area contributed by atoms with E-state index in [0.29, 0.717) is 6.54 Å². The first kappa shape index (κ1) is 20.1. The molecule has 0 aliphatic carbocycles. The first-order valence-electron chi connectivity index (χ1n) is 8.77. The first-order chi connectivity index (χ1) is 12.5. The molecule has 4 rings (SSSR count). The number of rotatable bonds is 3. The van der Waals surface area contributed by atoms with Gasteiger partial charge in [-0.3, -0.25) is 9.48 Å². The molecule has 0 saturated carbocycles. The van der Waals surface area contributed by atoms with E-state index in [2.05, 4.69) is 5.10 Å². The fourth-order valence-electron chi connectivity index (χ4n) is 3.35. The molecule has 1 aliphatic rings. The molecule has 0 unspecified atom stereocenters. The predicted molar refractivity (Wildman–Crippen MR) is 113 cm³/mol. The molecule has 3 heterocycles. The van der Waals surface area contributed by atoms with Crippen molar-refractivity contribution in [3.8, 4) is 0 Å². The van der Waals surface area contributed by atoms with E-state index in [1.165, 1.54) is 11.3 Å². The van der Waals surface area contributed by atoms with Crippen molar-refractivity contribution in [3.63, 3.8) is 0 Å². The van der Waals surface area contributed by atoms with Crippen LogP contribution in [0.2, 0.25) is 5.02 Å². The fourth-order valence-corrected chi connectivity index (χ4v) is 4.60. The van der Waals surface area contributed by atoms with Crippen LogP contribution in [-0.4, -0.2) is 39.7 Å². The van der Waals surface area contributed by atoms with Gasteiger partial charge in [-0.1, -0.05) is 23.7 Å². The first-order valence-corrected chi connectivity index (χ1v) is 9.97. The Labute approximate surface area is 173 Å². The van der Waals surface area contributed by atoms with Crippen LogP contribution in [0.1, 0.15) is 33.8 Å². The number of nitrogens with zero attached hydrogens (tertiary/aromatic N) is 3. The van der Waals surface area contributed by atoms with Gasteiger partial charge < -0.3 is 10.6 Å². The van der Waals surface area contributed by atoms with Crippen LogP contribution in [0.25, 0.3) is 10.2 Å². The SMILES string of the molecule is Cc1nn(Cc2ccc(Cl)cc2)c2sc(C(=O)N3CCC(N)CC3)cc12.Cl. The van der Waals surface area contributed by atoms with Gasteiger partial charge in [-0.15, -0.1) is 23.7 Å². The molecular formula is C19H22Cl2N4OS. The van der Waals surface area contributed by atoms with Gasteiger partial charge in [-0.05, 0) is 43.5 Å². The van der Waals surface area contributed by atoms with E-state index in [1.54, 1.807) is 0 Å². The van der Waals surface area contributed by atoms with Crippen LogP contribution < -0.4 is 5.73 Å². The molecule has 0 spiro atoms. The smallest absolute Gasteiger partial charge is 0.264 e. The van der Waals surface area contributed by atoms with Crippen LogP contribution in [0.5, 0.6) is 0 Å². The molecule has 2 N–H and O–H groups in total. The largest absolute Gasteiger partial charge is 0.338 e. The van der Waals surface area contributed by atoms with Crippen molar-refractivity contribution in [1.29, 1.82) is 0 Å². The number of piperidine rings is 1. The Kier molecular flexibility index (Phi) is 6.11. The van der Waals surface area contributed by atoms with E-state index >= 15 is 0 Å². The van der Waals surface area contributed by atoms with Crippen molar-refractivity contribution in [2.45, 2.75) is 32.4 Å². The Balaban J connectivity index is 0.00000210. The van der Waals surface area contributed by atoms with Crippen LogP contribution in [0.4, 0.5) is 0 Å². The maximum atomic E-state index is 12.8. The third kappa shape index (κ3) is 4.14. The van der Waals surface area contributed by atoms with Crippen LogP contribution in [0, 0.1) is 6.92 Å². The number of carbonyl (C=O) groups excluding carboxylic acids is 1. The second-order valence-electron chi connectivity index (χ2n) is 6.83. The number of likely N-dealkylation sites (tertiary alicyclic amines) is 1. The lowest BCUT2D eigenvalue weighted by Crippen LogP contribution is -2.42. The summed E-state index contributed by atoms with van der Waals surface area (Å²) in [7, 11) is 0. The number of halogens is 2. The zero-order valence-electron chi connectivity index (χ0n) is 15.0. The second kappa shape index (κ2) is 8.19. The maximum Gasteiger partial charge on any atom is 0.264 e. The van der Waals surface area contributed by atoms with Crippen molar-refractivity contribution in [3.05, 3.63) is 51.5 Å². The van der Waals surface area contributed by atoms with Gasteiger partial charge in [0.25, 0.3) is 5.91 Å². The minimum atomic E-state index is 0. The highest BCUT2D eigenvalue weighted by Gasteiger charge is 2.24. The summed E-state index contributed by atoms with van der Waals surface area (Å²) in [6, 6.07) is 9.97. The molecule has 1 aromatic carbocycles. The topological polar surface area (TPSA) is 64.2 Å². The van der Waals surface area contributed by atoms with Gasteiger partial charge in [0, 0.05) is 29.5 Å². The van der Waals surface area contributed by atoms with Crippen molar-refractivity contribution in [1.82, 2.24) is 14.7 Å². The molecule has 5 nitrogen and oxygen atoms in total. The zero-order valence-corrected chi connectivity index (χ0v) is 17.4. The summed E-state index contributed by atoms with van der Waals surface area (Å²) in [6.07, 6.45) is 1.75. The third-order valence-corrected chi connectivity index (χ3v) is 6.28. The van der Waals surface area contributed by atoms with E-state index < -0.39 is 0 Å². The number of fused-ring (bicyclic) bond motifs is 1. The molecule has 144 valence electrons. The Hall–Kier alpha value is -1.60. The number of amides is 1. The number of nitrogens with two attached hydrogens (primary N) is 1. The molecule has 3 aromatic rings. The number of aromatic nitrogens is 2. The monoisotopic (exact) mass is 424 g/mol. The van der Waals surface area contributed by atoms with Gasteiger partial charge in [-0.25, -0.2) is 0 Å². The van der Waals surface area contributed by atoms with Crippen molar-refractivity contribution in [2.24, 2.45) is 5.73 Å². The van der Waals surface area contributed by atoms with Gasteiger partial charge in [0.1, 0.15) is 4.83 Å². The molecule has 27 heavy (non-hydrogen) atoms. The average Bonchev–Trinajstić information content (AvgIpc) is 3.19. The molecule has 1 saturated heterocycles. The van der Waals surface area contributed by atoms with Crippen LogP contribution in [0.3, 0.4) is 0 Å². The molecule has 0 bridgehead atoms. The fraction of sp³-hybridized carbons (Fsp3) is 0.368. The highest BCUT2D eigenvalue weighted by molar-refractivity contribution is 7.20. The predicted octanol–water partition coefficient (Wildman–Crippen LogP) is 4.09. The Bertz CT molecular complexity index is 943. The summed E-state index contributed by atoms with van der Waals surface area (Å²) >= 11 is 7.49. The van der Waals surface area contributed by atoms with E-state index in [9.17, 15) is 4.79 Å². The number of aryl methyl sites for hydroxylation is 1. The number of thiophene rings is 1. The minimum Gasteiger partial charge on any atom is -0.338 e. The molecular weight excluding hydrogens is 403 g/mol. The summed E-state index contributed by atoms with van der Waals surface area (Å²) in [5.74, 6) is 0.107. The van der Waals surface area contributed by atoms with E-state index in [0.717, 1.165) is 57.3 Å². The number of carbonyl (C=O) groups is 1. The standard InChI is InChI=1S/C19H21ClN4OS.ClH/c1-12-16-10-17(18(25)23-8-6-15(21)7-9-23)26-19(16)24(22-12)11-13-2-4-14(20)5-3-13;/h2-5,10,15H,6-9,11,21H2,1H3;1H. The third-order valence-electron chi connectivity index (χ3n) is 4.89.